The third-order valence-electron chi connectivity index (χ3n) is 3.06. The summed E-state index contributed by atoms with van der Waals surface area (Å²) in [5, 5.41) is 5.23. The third kappa shape index (κ3) is 2.46. The van der Waals surface area contributed by atoms with E-state index in [-0.39, 0.29) is 22.2 Å². The van der Waals surface area contributed by atoms with Crippen LogP contribution in [0, 0.1) is 5.82 Å². The van der Waals surface area contributed by atoms with Crippen molar-refractivity contribution in [1.82, 2.24) is 20.3 Å². The number of fused-ring (bicyclic) bond motifs is 1. The minimum absolute atomic E-state index is 0.172. The molecule has 0 radical (unpaired) electrons. The summed E-state index contributed by atoms with van der Waals surface area (Å²) in [5.74, 6) is 0.0539. The number of nitrogens with zero attached hydrogens (tertiary/aromatic N) is 2. The van der Waals surface area contributed by atoms with E-state index >= 15 is 0 Å². The minimum Gasteiger partial charge on any atom is -0.341 e. The molecular formula is C14H11ClFN5O. The number of halogens is 2. The van der Waals surface area contributed by atoms with Gasteiger partial charge in [-0.1, -0.05) is 17.7 Å². The highest BCUT2D eigenvalue weighted by Crippen LogP contribution is 2.31. The Bertz CT molecular complexity index is 843. The Balaban J connectivity index is 2.14. The van der Waals surface area contributed by atoms with Gasteiger partial charge in [0.1, 0.15) is 17.2 Å². The number of amides is 2. The highest BCUT2D eigenvalue weighted by atomic mass is 35.5. The molecule has 0 saturated carbocycles. The zero-order chi connectivity index (χ0) is 15.7. The number of nitrogens with one attached hydrogen (secondary N) is 3. The maximum absolute atomic E-state index is 14.0. The van der Waals surface area contributed by atoms with Crippen LogP contribution in [-0.4, -0.2) is 28.0 Å². The molecule has 6 nitrogen and oxygen atoms in total. The second-order valence-electron chi connectivity index (χ2n) is 4.44. The van der Waals surface area contributed by atoms with Gasteiger partial charge in [-0.25, -0.2) is 19.2 Å². The van der Waals surface area contributed by atoms with Crippen molar-refractivity contribution < 1.29 is 9.18 Å². The number of aromatic amines is 1. The minimum atomic E-state index is -0.486. The van der Waals surface area contributed by atoms with Crippen LogP contribution >= 0.6 is 11.6 Å². The van der Waals surface area contributed by atoms with E-state index in [1.54, 1.807) is 12.1 Å². The van der Waals surface area contributed by atoms with Gasteiger partial charge in [-0.05, 0) is 18.2 Å². The Kier molecular flexibility index (Phi) is 3.64. The molecule has 8 heteroatoms. The molecule has 1 aromatic carbocycles. The summed E-state index contributed by atoms with van der Waals surface area (Å²) < 4.78 is 14.0. The van der Waals surface area contributed by atoms with E-state index in [0.717, 1.165) is 0 Å². The van der Waals surface area contributed by atoms with Gasteiger partial charge in [0.25, 0.3) is 0 Å². The average molecular weight is 320 g/mol. The smallest absolute Gasteiger partial charge is 0.320 e. The molecule has 3 N–H and O–H groups in total. The largest absolute Gasteiger partial charge is 0.341 e. The third-order valence-corrected chi connectivity index (χ3v) is 3.37. The number of hydrogen-bond donors (Lipinski definition) is 3. The number of pyridine rings is 1. The fourth-order valence-corrected chi connectivity index (χ4v) is 2.29. The standard InChI is InChI=1S/C14H11ClFN5O/c1-17-14(22)21-13-11-9(5-6-18-13)19-12(20-11)10-7(15)3-2-4-8(10)16/h2-6H,1H3,(H,19,20)(H2,17,18,21,22). The van der Waals surface area contributed by atoms with Crippen LogP contribution in [0.2, 0.25) is 5.02 Å². The number of imidazole rings is 1. The first-order chi connectivity index (χ1) is 10.6. The second kappa shape index (κ2) is 5.61. The second-order valence-corrected chi connectivity index (χ2v) is 4.85. The lowest BCUT2D eigenvalue weighted by Crippen LogP contribution is -2.25. The van der Waals surface area contributed by atoms with Crippen molar-refractivity contribution in [2.24, 2.45) is 0 Å². The van der Waals surface area contributed by atoms with Gasteiger partial charge in [-0.15, -0.1) is 0 Å². The molecule has 112 valence electrons. The fraction of sp³-hybridized carbons (Fsp3) is 0.0714. The topological polar surface area (TPSA) is 82.7 Å². The quantitative estimate of drug-likeness (QED) is 0.678. The molecule has 0 aliphatic rings. The first-order valence-corrected chi connectivity index (χ1v) is 6.76. The number of aromatic nitrogens is 3. The summed E-state index contributed by atoms with van der Waals surface area (Å²) in [5.41, 5.74) is 1.20. The Morgan fingerprint density at radius 2 is 2.18 bits per heavy atom. The number of carbonyl (C=O) groups is 1. The molecule has 0 atom stereocenters. The Hall–Kier alpha value is -2.67. The van der Waals surface area contributed by atoms with Crippen molar-refractivity contribution in [3.63, 3.8) is 0 Å². The molecule has 0 fully saturated rings. The van der Waals surface area contributed by atoms with E-state index in [4.69, 9.17) is 11.6 Å². The summed E-state index contributed by atoms with van der Waals surface area (Å²) in [6, 6.07) is 5.65. The maximum atomic E-state index is 14.0. The molecule has 0 bridgehead atoms. The maximum Gasteiger partial charge on any atom is 0.320 e. The lowest BCUT2D eigenvalue weighted by Gasteiger charge is -2.03. The van der Waals surface area contributed by atoms with Gasteiger partial charge in [0, 0.05) is 13.2 Å². The van der Waals surface area contributed by atoms with Crippen LogP contribution in [0.4, 0.5) is 15.0 Å². The summed E-state index contributed by atoms with van der Waals surface area (Å²) in [6.45, 7) is 0. The number of anilines is 1. The van der Waals surface area contributed by atoms with Crippen LogP contribution in [0.3, 0.4) is 0 Å². The SMILES string of the molecule is CNC(=O)Nc1nccc2[nH]c(-c3c(F)cccc3Cl)nc12. The molecule has 2 aromatic heterocycles. The molecule has 2 amide bonds. The molecule has 0 aliphatic heterocycles. The van der Waals surface area contributed by atoms with E-state index in [1.165, 1.54) is 25.4 Å². The number of hydrogen-bond acceptors (Lipinski definition) is 3. The summed E-state index contributed by atoms with van der Waals surface area (Å²) >= 11 is 6.04. The zero-order valence-corrected chi connectivity index (χ0v) is 12.2. The zero-order valence-electron chi connectivity index (χ0n) is 11.4. The van der Waals surface area contributed by atoms with E-state index in [2.05, 4.69) is 25.6 Å². The van der Waals surface area contributed by atoms with Crippen molar-refractivity contribution in [2.45, 2.75) is 0 Å². The lowest BCUT2D eigenvalue weighted by molar-refractivity contribution is 0.254. The summed E-state index contributed by atoms with van der Waals surface area (Å²) in [4.78, 5) is 22.8. The van der Waals surface area contributed by atoms with Gasteiger partial charge in [-0.2, -0.15) is 0 Å². The molecule has 3 aromatic rings. The molecular weight excluding hydrogens is 309 g/mol. The summed E-state index contributed by atoms with van der Waals surface area (Å²) in [7, 11) is 1.49. The first kappa shape index (κ1) is 14.3. The van der Waals surface area contributed by atoms with Gasteiger partial charge in [0.15, 0.2) is 5.82 Å². The number of carbonyl (C=O) groups excluding carboxylic acids is 1. The fourth-order valence-electron chi connectivity index (χ4n) is 2.04. The van der Waals surface area contributed by atoms with Gasteiger partial charge in [0.2, 0.25) is 0 Å². The van der Waals surface area contributed by atoms with E-state index in [0.29, 0.717) is 11.0 Å². The van der Waals surface area contributed by atoms with Crippen LogP contribution < -0.4 is 10.6 Å². The van der Waals surface area contributed by atoms with Gasteiger partial charge < -0.3 is 10.3 Å². The number of H-pyrrole nitrogens is 1. The number of rotatable bonds is 2. The number of urea groups is 1. The molecule has 0 aliphatic carbocycles. The van der Waals surface area contributed by atoms with Crippen molar-refractivity contribution in [3.05, 3.63) is 41.3 Å². The molecule has 0 spiro atoms. The first-order valence-electron chi connectivity index (χ1n) is 6.38. The normalized spacial score (nSPS) is 10.7. The van der Waals surface area contributed by atoms with Crippen LogP contribution in [0.25, 0.3) is 22.4 Å². The molecule has 3 rings (SSSR count). The van der Waals surface area contributed by atoms with E-state index in [9.17, 15) is 9.18 Å². The predicted molar refractivity (Wildman–Crippen MR) is 82.4 cm³/mol. The van der Waals surface area contributed by atoms with Crippen LogP contribution in [-0.2, 0) is 0 Å². The number of benzene rings is 1. The van der Waals surface area contributed by atoms with Crippen LogP contribution in [0.5, 0.6) is 0 Å². The molecule has 2 heterocycles. The van der Waals surface area contributed by atoms with E-state index < -0.39 is 11.8 Å². The van der Waals surface area contributed by atoms with Gasteiger partial charge in [0.05, 0.1) is 16.1 Å². The lowest BCUT2D eigenvalue weighted by atomic mass is 10.2. The summed E-state index contributed by atoms with van der Waals surface area (Å²) in [6.07, 6.45) is 1.51. The predicted octanol–water partition coefficient (Wildman–Crippen LogP) is 3.17. The Labute approximate surface area is 129 Å². The van der Waals surface area contributed by atoms with Crippen molar-refractivity contribution in [1.29, 1.82) is 0 Å². The van der Waals surface area contributed by atoms with Crippen LogP contribution in [0.15, 0.2) is 30.5 Å². The highest BCUT2D eigenvalue weighted by molar-refractivity contribution is 6.33. The average Bonchev–Trinajstić information content (AvgIpc) is 2.91. The van der Waals surface area contributed by atoms with Gasteiger partial charge >= 0.3 is 6.03 Å². The Morgan fingerprint density at radius 3 is 2.91 bits per heavy atom. The van der Waals surface area contributed by atoms with Crippen molar-refractivity contribution >= 4 is 34.5 Å². The molecule has 0 unspecified atom stereocenters. The monoisotopic (exact) mass is 319 g/mol. The van der Waals surface area contributed by atoms with Crippen molar-refractivity contribution in [3.8, 4) is 11.4 Å². The van der Waals surface area contributed by atoms with Gasteiger partial charge in [-0.3, -0.25) is 5.32 Å². The molecule has 0 saturated heterocycles. The van der Waals surface area contributed by atoms with E-state index in [1.807, 2.05) is 0 Å². The Morgan fingerprint density at radius 1 is 1.36 bits per heavy atom. The van der Waals surface area contributed by atoms with Crippen molar-refractivity contribution in [2.75, 3.05) is 12.4 Å². The highest BCUT2D eigenvalue weighted by Gasteiger charge is 2.16. The van der Waals surface area contributed by atoms with Crippen LogP contribution in [0.1, 0.15) is 0 Å². The molecule has 22 heavy (non-hydrogen) atoms.